The summed E-state index contributed by atoms with van der Waals surface area (Å²) in [5, 5.41) is 4.78. The van der Waals surface area contributed by atoms with Crippen molar-refractivity contribution in [3.05, 3.63) is 59.7 Å². The third kappa shape index (κ3) is 7.78. The molecule has 2 amide bonds. The zero-order valence-corrected chi connectivity index (χ0v) is 15.5. The highest BCUT2D eigenvalue weighted by atomic mass is 19.3. The van der Waals surface area contributed by atoms with E-state index in [0.717, 1.165) is 22.6 Å². The molecule has 0 aromatic heterocycles. The number of carbonyl (C=O) groups is 2. The van der Waals surface area contributed by atoms with E-state index in [1.165, 1.54) is 18.2 Å². The molecule has 0 aliphatic rings. The first-order valence-electron chi connectivity index (χ1n) is 8.59. The highest BCUT2D eigenvalue weighted by Crippen LogP contribution is 2.14. The van der Waals surface area contributed by atoms with Gasteiger partial charge in [-0.25, -0.2) is 8.78 Å². The minimum absolute atomic E-state index is 0.0474. The molecule has 0 bridgehead atoms. The van der Waals surface area contributed by atoms with Gasteiger partial charge in [0, 0.05) is 17.3 Å². The second-order valence-corrected chi connectivity index (χ2v) is 6.29. The van der Waals surface area contributed by atoms with E-state index in [1.54, 1.807) is 19.2 Å². The molecule has 0 spiro atoms. The summed E-state index contributed by atoms with van der Waals surface area (Å²) in [6.45, 7) is -2.71. The molecule has 2 aromatic rings. The predicted molar refractivity (Wildman–Crippen MR) is 96.5 cm³/mol. The van der Waals surface area contributed by atoms with Crippen molar-refractivity contribution in [2.45, 2.75) is 13.2 Å². The summed E-state index contributed by atoms with van der Waals surface area (Å²) in [5.74, 6) is -3.05. The molecule has 1 atom stereocenters. The van der Waals surface area contributed by atoms with Crippen LogP contribution in [0.2, 0.25) is 0 Å². The number of anilines is 1. The lowest BCUT2D eigenvalue weighted by atomic mass is 10.2. The van der Waals surface area contributed by atoms with Gasteiger partial charge in [-0.1, -0.05) is 0 Å². The zero-order valence-electron chi connectivity index (χ0n) is 15.5. The number of hydrogen-bond donors (Lipinski definition) is 3. The summed E-state index contributed by atoms with van der Waals surface area (Å²) in [5.41, 5.74) is 0.887. The number of alkyl halides is 2. The Morgan fingerprint density at radius 2 is 1.72 bits per heavy atom. The first-order chi connectivity index (χ1) is 13.7. The Hall–Kier alpha value is -3.14. The van der Waals surface area contributed by atoms with Crippen molar-refractivity contribution < 1.29 is 36.8 Å². The van der Waals surface area contributed by atoms with Crippen LogP contribution in [0.15, 0.2) is 42.5 Å². The number of ether oxygens (including phenoxy) is 1. The molecular formula is C19H20F4N3O3+. The molecule has 0 heterocycles. The summed E-state index contributed by atoms with van der Waals surface area (Å²) in [7, 11) is 1.75. The second kappa shape index (κ2) is 10.4. The highest BCUT2D eigenvalue weighted by Gasteiger charge is 2.13. The monoisotopic (exact) mass is 414 g/mol. The Balaban J connectivity index is 1.73. The number of hydrogen-bond acceptors (Lipinski definition) is 3. The summed E-state index contributed by atoms with van der Waals surface area (Å²) in [6, 6.07) is 8.99. The van der Waals surface area contributed by atoms with Crippen molar-refractivity contribution in [1.29, 1.82) is 0 Å². The van der Waals surface area contributed by atoms with Crippen LogP contribution in [-0.4, -0.2) is 38.6 Å². The van der Waals surface area contributed by atoms with Crippen molar-refractivity contribution in [1.82, 2.24) is 5.32 Å². The SMILES string of the molecule is C[NH+](CC(=O)NCC(=O)Nc1ccc(F)c(F)c1)Cc1ccc(OC(F)F)cc1. The summed E-state index contributed by atoms with van der Waals surface area (Å²) >= 11 is 0. The molecule has 2 aromatic carbocycles. The molecule has 156 valence electrons. The van der Waals surface area contributed by atoms with E-state index in [1.807, 2.05) is 0 Å². The van der Waals surface area contributed by atoms with E-state index in [2.05, 4.69) is 15.4 Å². The predicted octanol–water partition coefficient (Wildman–Crippen LogP) is 1.34. The van der Waals surface area contributed by atoms with Crippen molar-refractivity contribution in [2.75, 3.05) is 25.5 Å². The third-order valence-electron chi connectivity index (χ3n) is 3.77. The van der Waals surface area contributed by atoms with Crippen LogP contribution in [0.25, 0.3) is 0 Å². The van der Waals surface area contributed by atoms with E-state index in [9.17, 15) is 27.2 Å². The number of halogens is 4. The maximum Gasteiger partial charge on any atom is 0.387 e. The number of likely N-dealkylation sites (N-methyl/N-ethyl adjacent to an activating group) is 1. The number of benzene rings is 2. The largest absolute Gasteiger partial charge is 0.435 e. The molecule has 6 nitrogen and oxygen atoms in total. The zero-order chi connectivity index (χ0) is 21.4. The summed E-state index contributed by atoms with van der Waals surface area (Å²) < 4.78 is 54.5. The fraction of sp³-hybridized carbons (Fsp3) is 0.263. The molecule has 3 N–H and O–H groups in total. The lowest BCUT2D eigenvalue weighted by Gasteiger charge is -2.14. The smallest absolute Gasteiger partial charge is 0.387 e. The average Bonchev–Trinajstić information content (AvgIpc) is 2.64. The van der Waals surface area contributed by atoms with E-state index in [4.69, 9.17) is 0 Å². The first-order valence-corrected chi connectivity index (χ1v) is 8.59. The molecule has 0 fully saturated rings. The molecule has 10 heteroatoms. The van der Waals surface area contributed by atoms with Gasteiger partial charge >= 0.3 is 6.61 Å². The van der Waals surface area contributed by atoms with E-state index < -0.39 is 24.2 Å². The Morgan fingerprint density at radius 3 is 2.34 bits per heavy atom. The Bertz CT molecular complexity index is 847. The average molecular weight is 414 g/mol. The van der Waals surface area contributed by atoms with Gasteiger partial charge in [0.15, 0.2) is 18.2 Å². The Morgan fingerprint density at radius 1 is 1.03 bits per heavy atom. The normalized spacial score (nSPS) is 11.8. The highest BCUT2D eigenvalue weighted by molar-refractivity contribution is 5.94. The van der Waals surface area contributed by atoms with Crippen molar-refractivity contribution in [3.63, 3.8) is 0 Å². The lowest BCUT2D eigenvalue weighted by molar-refractivity contribution is -0.885. The van der Waals surface area contributed by atoms with Gasteiger partial charge in [0.25, 0.3) is 5.91 Å². The Kier molecular flexibility index (Phi) is 7.96. The molecule has 0 saturated heterocycles. The lowest BCUT2D eigenvalue weighted by Crippen LogP contribution is -3.08. The van der Waals surface area contributed by atoms with Gasteiger partial charge < -0.3 is 20.3 Å². The minimum Gasteiger partial charge on any atom is -0.435 e. The van der Waals surface area contributed by atoms with Crippen LogP contribution in [0.5, 0.6) is 5.75 Å². The van der Waals surface area contributed by atoms with Crippen LogP contribution in [0.3, 0.4) is 0 Å². The number of nitrogens with one attached hydrogen (secondary N) is 3. The number of quaternary nitrogens is 1. The van der Waals surface area contributed by atoms with Crippen molar-refractivity contribution in [3.8, 4) is 5.75 Å². The van der Waals surface area contributed by atoms with E-state index in [-0.39, 0.29) is 30.4 Å². The van der Waals surface area contributed by atoms with Crippen molar-refractivity contribution >= 4 is 17.5 Å². The fourth-order valence-corrected chi connectivity index (χ4v) is 2.49. The molecule has 2 rings (SSSR count). The third-order valence-corrected chi connectivity index (χ3v) is 3.77. The summed E-state index contributed by atoms with van der Waals surface area (Å²) in [4.78, 5) is 24.5. The van der Waals surface area contributed by atoms with Gasteiger partial charge in [0.1, 0.15) is 12.3 Å². The maximum atomic E-state index is 13.1. The maximum absolute atomic E-state index is 13.1. The van der Waals surface area contributed by atoms with Crippen LogP contribution < -0.4 is 20.3 Å². The van der Waals surface area contributed by atoms with Crippen molar-refractivity contribution in [2.24, 2.45) is 0 Å². The number of amides is 2. The standard InChI is InChI=1S/C19H19F4N3O3/c1-26(10-12-2-5-14(6-3-12)29-19(22)23)11-18(28)24-9-17(27)25-13-4-7-15(20)16(21)8-13/h2-8,19H,9-11H2,1H3,(H,24,28)(H,25,27)/p+1. The number of rotatable bonds is 9. The van der Waals surface area contributed by atoms with E-state index >= 15 is 0 Å². The molecule has 0 radical (unpaired) electrons. The van der Waals surface area contributed by atoms with Gasteiger partial charge in [-0.3, -0.25) is 9.59 Å². The summed E-state index contributed by atoms with van der Waals surface area (Å²) in [6.07, 6.45) is 0. The quantitative estimate of drug-likeness (QED) is 0.543. The van der Waals surface area contributed by atoms with Gasteiger partial charge in [-0.05, 0) is 36.4 Å². The molecule has 0 aliphatic carbocycles. The first kappa shape index (κ1) is 22.2. The van der Waals surface area contributed by atoms with Crippen LogP contribution in [0, 0.1) is 11.6 Å². The fourth-order valence-electron chi connectivity index (χ4n) is 2.49. The van der Waals surface area contributed by atoms with Crippen LogP contribution >= 0.6 is 0 Å². The second-order valence-electron chi connectivity index (χ2n) is 6.29. The Labute approximate surface area is 164 Å². The van der Waals surface area contributed by atoms with Crippen LogP contribution in [0.4, 0.5) is 23.2 Å². The van der Waals surface area contributed by atoms with Gasteiger partial charge in [0.05, 0.1) is 13.6 Å². The molecular weight excluding hydrogens is 394 g/mol. The number of carbonyl (C=O) groups excluding carboxylic acids is 2. The van der Waals surface area contributed by atoms with Gasteiger partial charge in [0.2, 0.25) is 5.91 Å². The van der Waals surface area contributed by atoms with Crippen LogP contribution in [-0.2, 0) is 16.1 Å². The van der Waals surface area contributed by atoms with Gasteiger partial charge in [-0.2, -0.15) is 8.78 Å². The van der Waals surface area contributed by atoms with Gasteiger partial charge in [-0.15, -0.1) is 0 Å². The minimum atomic E-state index is -2.89. The molecule has 1 unspecified atom stereocenters. The van der Waals surface area contributed by atoms with E-state index in [0.29, 0.717) is 6.54 Å². The molecule has 0 aliphatic heterocycles. The molecule has 0 saturated carbocycles. The topological polar surface area (TPSA) is 71.9 Å². The van der Waals surface area contributed by atoms with Crippen LogP contribution in [0.1, 0.15) is 5.56 Å². The molecule has 29 heavy (non-hydrogen) atoms.